The highest BCUT2D eigenvalue weighted by Crippen LogP contribution is 2.45. The summed E-state index contributed by atoms with van der Waals surface area (Å²) in [5.74, 6) is 1.50. The third-order valence-electron chi connectivity index (χ3n) is 5.48. The molecule has 1 heterocycles. The molecule has 0 spiro atoms. The van der Waals surface area contributed by atoms with Crippen LogP contribution in [0, 0.1) is 17.3 Å². The highest BCUT2D eigenvalue weighted by Gasteiger charge is 2.45. The summed E-state index contributed by atoms with van der Waals surface area (Å²) >= 11 is 0. The van der Waals surface area contributed by atoms with Gasteiger partial charge in [-0.1, -0.05) is 20.8 Å². The van der Waals surface area contributed by atoms with Gasteiger partial charge in [0.25, 0.3) is 0 Å². The predicted molar refractivity (Wildman–Crippen MR) is 83.3 cm³/mol. The van der Waals surface area contributed by atoms with E-state index < -0.39 is 0 Å². The minimum Gasteiger partial charge on any atom is -0.338 e. The van der Waals surface area contributed by atoms with Crippen LogP contribution < -0.4 is 5.73 Å². The number of amides is 1. The maximum absolute atomic E-state index is 12.9. The van der Waals surface area contributed by atoms with Crippen molar-refractivity contribution >= 4 is 5.91 Å². The fourth-order valence-corrected chi connectivity index (χ4v) is 3.40. The Kier molecular flexibility index (Phi) is 4.42. The fourth-order valence-electron chi connectivity index (χ4n) is 3.40. The van der Waals surface area contributed by atoms with Crippen molar-refractivity contribution < 1.29 is 4.79 Å². The number of rotatable bonds is 3. The highest BCUT2D eigenvalue weighted by atomic mass is 16.2. The quantitative estimate of drug-likeness (QED) is 0.923. The van der Waals surface area contributed by atoms with E-state index in [1.807, 2.05) is 24.9 Å². The Morgan fingerprint density at radius 1 is 1.52 bits per heavy atom. The van der Waals surface area contributed by atoms with E-state index in [-0.39, 0.29) is 23.3 Å². The number of aryl methyl sites for hydroxylation is 1. The van der Waals surface area contributed by atoms with Gasteiger partial charge in [-0.2, -0.15) is 0 Å². The lowest BCUT2D eigenvalue weighted by Crippen LogP contribution is -2.51. The lowest BCUT2D eigenvalue weighted by atomic mass is 9.61. The first-order chi connectivity index (χ1) is 9.75. The second-order valence-corrected chi connectivity index (χ2v) is 7.05. The van der Waals surface area contributed by atoms with Gasteiger partial charge in [0.2, 0.25) is 5.91 Å². The van der Waals surface area contributed by atoms with E-state index in [0.29, 0.717) is 12.5 Å². The number of carbonyl (C=O) groups excluding carboxylic acids is 1. The molecule has 1 saturated carbocycles. The van der Waals surface area contributed by atoms with Crippen molar-refractivity contribution in [3.05, 3.63) is 18.2 Å². The largest absolute Gasteiger partial charge is 0.338 e. The van der Waals surface area contributed by atoms with Crippen LogP contribution in [-0.4, -0.2) is 33.4 Å². The monoisotopic (exact) mass is 292 g/mol. The van der Waals surface area contributed by atoms with Crippen LogP contribution in [0.15, 0.2) is 12.4 Å². The third kappa shape index (κ3) is 2.98. The van der Waals surface area contributed by atoms with E-state index in [2.05, 4.69) is 25.8 Å². The first kappa shape index (κ1) is 16.0. The molecule has 0 bridgehead atoms. The van der Waals surface area contributed by atoms with Crippen LogP contribution >= 0.6 is 0 Å². The molecule has 118 valence electrons. The fraction of sp³-hybridized carbons (Fsp3) is 0.750. The molecule has 5 nitrogen and oxygen atoms in total. The van der Waals surface area contributed by atoms with Gasteiger partial charge in [-0.15, -0.1) is 0 Å². The Morgan fingerprint density at radius 2 is 2.19 bits per heavy atom. The molecular formula is C16H28N4O. The maximum Gasteiger partial charge on any atom is 0.226 e. The van der Waals surface area contributed by atoms with Crippen molar-refractivity contribution in [1.29, 1.82) is 0 Å². The van der Waals surface area contributed by atoms with Crippen LogP contribution in [0.5, 0.6) is 0 Å². The Balaban J connectivity index is 2.10. The van der Waals surface area contributed by atoms with Crippen LogP contribution in [0.25, 0.3) is 0 Å². The molecule has 1 aliphatic carbocycles. The number of hydrogen-bond donors (Lipinski definition) is 1. The van der Waals surface area contributed by atoms with Gasteiger partial charge in [0, 0.05) is 38.4 Å². The predicted octanol–water partition coefficient (Wildman–Crippen LogP) is 1.78. The molecule has 3 unspecified atom stereocenters. The second-order valence-electron chi connectivity index (χ2n) is 7.05. The molecule has 5 heteroatoms. The van der Waals surface area contributed by atoms with E-state index >= 15 is 0 Å². The molecule has 1 amide bonds. The third-order valence-corrected chi connectivity index (χ3v) is 5.48. The van der Waals surface area contributed by atoms with E-state index in [1.165, 1.54) is 0 Å². The van der Waals surface area contributed by atoms with Gasteiger partial charge in [-0.3, -0.25) is 4.79 Å². The second kappa shape index (κ2) is 5.79. The van der Waals surface area contributed by atoms with Gasteiger partial charge in [0.05, 0.1) is 6.54 Å². The minimum absolute atomic E-state index is 0.0394. The summed E-state index contributed by atoms with van der Waals surface area (Å²) in [6.07, 6.45) is 5.47. The molecule has 1 fully saturated rings. The summed E-state index contributed by atoms with van der Waals surface area (Å²) in [6, 6.07) is 0.198. The standard InChI is InChI=1S/C16H28N4O/c1-11-13(17)7-6-12(16(11,2)3)15(21)20(5)10-14-18-8-9-19(14)4/h8-9,11-13H,6-7,10,17H2,1-5H3. The van der Waals surface area contributed by atoms with Gasteiger partial charge >= 0.3 is 0 Å². The number of aromatic nitrogens is 2. The first-order valence-electron chi connectivity index (χ1n) is 7.72. The van der Waals surface area contributed by atoms with Gasteiger partial charge in [0.1, 0.15) is 5.82 Å². The van der Waals surface area contributed by atoms with Crippen molar-refractivity contribution in [3.8, 4) is 0 Å². The Bertz CT molecular complexity index is 508. The molecule has 0 aromatic carbocycles. The van der Waals surface area contributed by atoms with Crippen molar-refractivity contribution in [2.75, 3.05) is 7.05 Å². The van der Waals surface area contributed by atoms with Crippen molar-refractivity contribution in [2.24, 2.45) is 30.0 Å². The zero-order valence-electron chi connectivity index (χ0n) is 13.8. The smallest absolute Gasteiger partial charge is 0.226 e. The van der Waals surface area contributed by atoms with Gasteiger partial charge in [-0.25, -0.2) is 4.98 Å². The molecule has 0 aliphatic heterocycles. The van der Waals surface area contributed by atoms with Crippen LogP contribution in [0.3, 0.4) is 0 Å². The number of imidazole rings is 1. The van der Waals surface area contributed by atoms with Crippen molar-refractivity contribution in [3.63, 3.8) is 0 Å². The SMILES string of the molecule is CC1C(N)CCC(C(=O)N(C)Cc2nccn2C)C1(C)C. The number of carbonyl (C=O) groups is 1. The van der Waals surface area contributed by atoms with Crippen molar-refractivity contribution in [1.82, 2.24) is 14.5 Å². The normalized spacial score (nSPS) is 28.4. The zero-order chi connectivity index (χ0) is 15.8. The van der Waals surface area contributed by atoms with E-state index in [4.69, 9.17) is 5.73 Å². The van der Waals surface area contributed by atoms with E-state index in [9.17, 15) is 4.79 Å². The van der Waals surface area contributed by atoms with Crippen LogP contribution in [0.4, 0.5) is 0 Å². The number of nitrogens with zero attached hydrogens (tertiary/aromatic N) is 3. The molecule has 1 aromatic heterocycles. The summed E-state index contributed by atoms with van der Waals surface area (Å²) in [7, 11) is 3.82. The zero-order valence-corrected chi connectivity index (χ0v) is 13.8. The molecule has 1 aromatic rings. The van der Waals surface area contributed by atoms with Gasteiger partial charge < -0.3 is 15.2 Å². The summed E-state index contributed by atoms with van der Waals surface area (Å²) in [4.78, 5) is 19.0. The summed E-state index contributed by atoms with van der Waals surface area (Å²) in [5.41, 5.74) is 6.12. The summed E-state index contributed by atoms with van der Waals surface area (Å²) < 4.78 is 1.95. The average Bonchev–Trinajstić information content (AvgIpc) is 2.81. The van der Waals surface area contributed by atoms with Crippen LogP contribution in [0.1, 0.15) is 39.4 Å². The van der Waals surface area contributed by atoms with E-state index in [1.54, 1.807) is 11.1 Å². The minimum atomic E-state index is -0.0648. The molecule has 0 saturated heterocycles. The molecule has 1 aliphatic rings. The highest BCUT2D eigenvalue weighted by molar-refractivity contribution is 5.79. The van der Waals surface area contributed by atoms with Gasteiger partial charge in [-0.05, 0) is 24.2 Å². The van der Waals surface area contributed by atoms with E-state index in [0.717, 1.165) is 18.7 Å². The lowest BCUT2D eigenvalue weighted by molar-refractivity contribution is -0.142. The summed E-state index contributed by atoms with van der Waals surface area (Å²) in [5, 5.41) is 0. The molecule has 3 atom stereocenters. The topological polar surface area (TPSA) is 64.2 Å². The van der Waals surface area contributed by atoms with Crippen LogP contribution in [-0.2, 0) is 18.4 Å². The molecule has 0 radical (unpaired) electrons. The molecule has 2 N–H and O–H groups in total. The average molecular weight is 292 g/mol. The first-order valence-corrected chi connectivity index (χ1v) is 7.72. The summed E-state index contributed by atoms with van der Waals surface area (Å²) in [6.45, 7) is 7.07. The number of nitrogens with two attached hydrogens (primary N) is 1. The maximum atomic E-state index is 12.9. The number of hydrogen-bond acceptors (Lipinski definition) is 3. The van der Waals surface area contributed by atoms with Crippen LogP contribution in [0.2, 0.25) is 0 Å². The Hall–Kier alpha value is -1.36. The van der Waals surface area contributed by atoms with Gasteiger partial charge in [0.15, 0.2) is 0 Å². The van der Waals surface area contributed by atoms with Crippen molar-refractivity contribution in [2.45, 2.75) is 46.2 Å². The Morgan fingerprint density at radius 3 is 2.76 bits per heavy atom. The molecule has 21 heavy (non-hydrogen) atoms. The lowest BCUT2D eigenvalue weighted by Gasteiger charge is -2.47. The Labute approximate surface area is 127 Å². The molecular weight excluding hydrogens is 264 g/mol. The molecule has 2 rings (SSSR count).